The number of aromatic nitrogens is 1. The van der Waals surface area contributed by atoms with E-state index in [4.69, 9.17) is 10.2 Å². The molecule has 1 aromatic carbocycles. The molecular weight excluding hydrogens is 280 g/mol. The summed E-state index contributed by atoms with van der Waals surface area (Å²) in [5, 5.41) is 0. The molecule has 2 aromatic rings. The van der Waals surface area contributed by atoms with Crippen molar-refractivity contribution in [1.82, 2.24) is 4.98 Å². The Morgan fingerprint density at radius 1 is 1.24 bits per heavy atom. The molecule has 2 rings (SSSR count). The van der Waals surface area contributed by atoms with Crippen LogP contribution in [0.25, 0.3) is 11.3 Å². The number of nitrogens with zero attached hydrogens (tertiary/aromatic N) is 1. The summed E-state index contributed by atoms with van der Waals surface area (Å²) < 4.78 is 6.72. The van der Waals surface area contributed by atoms with Crippen molar-refractivity contribution in [3.05, 3.63) is 40.8 Å². The molecule has 0 amide bonds. The summed E-state index contributed by atoms with van der Waals surface area (Å²) in [6.45, 7) is 4.10. The monoisotopic (exact) mass is 294 g/mol. The molecule has 17 heavy (non-hydrogen) atoms. The molecule has 0 radical (unpaired) electrons. The van der Waals surface area contributed by atoms with E-state index in [1.165, 1.54) is 0 Å². The molecule has 0 fully saturated rings. The number of halogens is 1. The van der Waals surface area contributed by atoms with Gasteiger partial charge >= 0.3 is 0 Å². The third-order valence-corrected chi connectivity index (χ3v) is 3.18. The zero-order valence-corrected chi connectivity index (χ0v) is 11.4. The molecule has 4 heteroatoms. The lowest BCUT2D eigenvalue weighted by atomic mass is 10.1. The quantitative estimate of drug-likeness (QED) is 0.938. The normalized spacial score (nSPS) is 13.0. The van der Waals surface area contributed by atoms with Crippen LogP contribution in [0, 0.1) is 5.92 Å². The topological polar surface area (TPSA) is 52.0 Å². The van der Waals surface area contributed by atoms with Crippen molar-refractivity contribution in [1.29, 1.82) is 0 Å². The number of nitrogens with two attached hydrogens (primary N) is 1. The Morgan fingerprint density at radius 2 is 1.88 bits per heavy atom. The second-order valence-corrected chi connectivity index (χ2v) is 5.26. The van der Waals surface area contributed by atoms with E-state index in [9.17, 15) is 0 Å². The lowest BCUT2D eigenvalue weighted by molar-refractivity contribution is 0.394. The minimum atomic E-state index is -0.154. The van der Waals surface area contributed by atoms with Gasteiger partial charge in [-0.25, -0.2) is 4.98 Å². The van der Waals surface area contributed by atoms with Crippen molar-refractivity contribution < 1.29 is 4.42 Å². The fourth-order valence-corrected chi connectivity index (χ4v) is 1.74. The number of hydrogen-bond donors (Lipinski definition) is 1. The highest BCUT2D eigenvalue weighted by Gasteiger charge is 2.16. The average Bonchev–Trinajstić information content (AvgIpc) is 2.78. The summed E-state index contributed by atoms with van der Waals surface area (Å²) in [5.74, 6) is 1.66. The summed E-state index contributed by atoms with van der Waals surface area (Å²) in [5.41, 5.74) is 6.99. The first-order chi connectivity index (χ1) is 8.08. The summed E-state index contributed by atoms with van der Waals surface area (Å²) >= 11 is 3.40. The lowest BCUT2D eigenvalue weighted by Crippen LogP contribution is -2.16. The van der Waals surface area contributed by atoms with Gasteiger partial charge < -0.3 is 10.2 Å². The second-order valence-electron chi connectivity index (χ2n) is 4.34. The van der Waals surface area contributed by atoms with Crippen LogP contribution in [0.2, 0.25) is 0 Å². The maximum Gasteiger partial charge on any atom is 0.212 e. The van der Waals surface area contributed by atoms with E-state index in [0.717, 1.165) is 15.8 Å². The summed E-state index contributed by atoms with van der Waals surface area (Å²) in [6, 6.07) is 7.75. The van der Waals surface area contributed by atoms with Gasteiger partial charge in [-0.05, 0) is 18.1 Å². The van der Waals surface area contributed by atoms with Crippen molar-refractivity contribution in [2.45, 2.75) is 19.9 Å². The smallest absolute Gasteiger partial charge is 0.212 e. The van der Waals surface area contributed by atoms with E-state index in [1.54, 1.807) is 6.20 Å². The Labute approximate surface area is 109 Å². The van der Waals surface area contributed by atoms with E-state index >= 15 is 0 Å². The van der Waals surface area contributed by atoms with Crippen LogP contribution in [0.3, 0.4) is 0 Å². The summed E-state index contributed by atoms with van der Waals surface area (Å²) in [4.78, 5) is 4.23. The van der Waals surface area contributed by atoms with Crippen molar-refractivity contribution in [2.75, 3.05) is 0 Å². The average molecular weight is 295 g/mol. The molecule has 0 bridgehead atoms. The van der Waals surface area contributed by atoms with Gasteiger partial charge in [0.05, 0.1) is 12.2 Å². The fraction of sp³-hybridized carbons (Fsp3) is 0.308. The minimum Gasteiger partial charge on any atom is -0.439 e. The van der Waals surface area contributed by atoms with Crippen LogP contribution < -0.4 is 5.73 Å². The van der Waals surface area contributed by atoms with E-state index in [1.807, 2.05) is 38.1 Å². The molecule has 0 unspecified atom stereocenters. The zero-order valence-electron chi connectivity index (χ0n) is 9.85. The van der Waals surface area contributed by atoms with Crippen molar-refractivity contribution in [3.63, 3.8) is 0 Å². The predicted octanol–water partition coefficient (Wildman–Crippen LogP) is 3.76. The van der Waals surface area contributed by atoms with Crippen LogP contribution in [-0.2, 0) is 0 Å². The Hall–Kier alpha value is -1.13. The van der Waals surface area contributed by atoms with Gasteiger partial charge in [-0.1, -0.05) is 41.9 Å². The third-order valence-electron chi connectivity index (χ3n) is 2.66. The molecule has 2 N–H and O–H groups in total. The van der Waals surface area contributed by atoms with Crippen LogP contribution in [0.1, 0.15) is 25.8 Å². The minimum absolute atomic E-state index is 0.154. The van der Waals surface area contributed by atoms with E-state index in [2.05, 4.69) is 20.9 Å². The molecule has 1 heterocycles. The van der Waals surface area contributed by atoms with Crippen molar-refractivity contribution >= 4 is 15.9 Å². The van der Waals surface area contributed by atoms with Crippen molar-refractivity contribution in [2.24, 2.45) is 11.7 Å². The second kappa shape index (κ2) is 5.02. The number of rotatable bonds is 3. The molecule has 0 spiro atoms. The van der Waals surface area contributed by atoms with Gasteiger partial charge in [0.25, 0.3) is 0 Å². The molecule has 3 nitrogen and oxygen atoms in total. The van der Waals surface area contributed by atoms with E-state index in [-0.39, 0.29) is 6.04 Å². The molecule has 1 atom stereocenters. The number of oxazole rings is 1. The SMILES string of the molecule is CC(C)[C@H](N)c1ncc(-c2ccc(Br)cc2)o1. The molecule has 0 saturated carbocycles. The van der Waals surface area contributed by atoms with E-state index in [0.29, 0.717) is 11.8 Å². The van der Waals surface area contributed by atoms with Crippen LogP contribution in [0.15, 0.2) is 39.4 Å². The maximum absolute atomic E-state index is 5.99. The first kappa shape index (κ1) is 12.3. The Kier molecular flexibility index (Phi) is 3.64. The van der Waals surface area contributed by atoms with Crippen LogP contribution in [-0.4, -0.2) is 4.98 Å². The van der Waals surface area contributed by atoms with E-state index < -0.39 is 0 Å². The highest BCUT2D eigenvalue weighted by Crippen LogP contribution is 2.26. The number of hydrogen-bond acceptors (Lipinski definition) is 3. The third kappa shape index (κ3) is 2.76. The van der Waals surface area contributed by atoms with Gasteiger partial charge in [-0.3, -0.25) is 0 Å². The largest absolute Gasteiger partial charge is 0.439 e. The summed E-state index contributed by atoms with van der Waals surface area (Å²) in [6.07, 6.45) is 1.72. The zero-order chi connectivity index (χ0) is 12.4. The molecule has 0 saturated heterocycles. The molecule has 1 aromatic heterocycles. The van der Waals surface area contributed by atoms with Gasteiger partial charge in [-0.15, -0.1) is 0 Å². The van der Waals surface area contributed by atoms with Crippen LogP contribution in [0.4, 0.5) is 0 Å². The highest BCUT2D eigenvalue weighted by atomic mass is 79.9. The molecule has 0 aliphatic heterocycles. The predicted molar refractivity (Wildman–Crippen MR) is 71.4 cm³/mol. The molecule has 0 aliphatic carbocycles. The molecular formula is C13H15BrN2O. The van der Waals surface area contributed by atoms with Gasteiger partial charge in [0.1, 0.15) is 0 Å². The Balaban J connectivity index is 2.26. The standard InChI is InChI=1S/C13H15BrN2O/c1-8(2)12(15)13-16-7-11(17-13)9-3-5-10(14)6-4-9/h3-8,12H,15H2,1-2H3/t12-/m0/s1. The van der Waals surface area contributed by atoms with Gasteiger partial charge in [0, 0.05) is 10.0 Å². The Morgan fingerprint density at radius 3 is 2.47 bits per heavy atom. The first-order valence-corrected chi connectivity index (χ1v) is 6.34. The molecule has 90 valence electrons. The van der Waals surface area contributed by atoms with Gasteiger partial charge in [0.15, 0.2) is 5.76 Å². The lowest BCUT2D eigenvalue weighted by Gasteiger charge is -2.10. The Bertz CT molecular complexity index is 490. The van der Waals surface area contributed by atoms with Crippen LogP contribution in [0.5, 0.6) is 0 Å². The molecule has 0 aliphatic rings. The van der Waals surface area contributed by atoms with Crippen LogP contribution >= 0.6 is 15.9 Å². The number of benzene rings is 1. The maximum atomic E-state index is 5.99. The summed E-state index contributed by atoms with van der Waals surface area (Å²) in [7, 11) is 0. The van der Waals surface area contributed by atoms with Gasteiger partial charge in [0.2, 0.25) is 5.89 Å². The highest BCUT2D eigenvalue weighted by molar-refractivity contribution is 9.10. The van der Waals surface area contributed by atoms with Crippen molar-refractivity contribution in [3.8, 4) is 11.3 Å². The fourth-order valence-electron chi connectivity index (χ4n) is 1.47. The van der Waals surface area contributed by atoms with Gasteiger partial charge in [-0.2, -0.15) is 0 Å². The first-order valence-electron chi connectivity index (χ1n) is 5.55.